The van der Waals surface area contributed by atoms with Gasteiger partial charge in [-0.1, -0.05) is 18.2 Å². The van der Waals surface area contributed by atoms with Gasteiger partial charge in [-0.15, -0.1) is 5.10 Å². The summed E-state index contributed by atoms with van der Waals surface area (Å²) in [5.41, 5.74) is 1.10. The number of halogens is 2. The summed E-state index contributed by atoms with van der Waals surface area (Å²) in [7, 11) is -3.83. The first kappa shape index (κ1) is 30.7. The maximum absolute atomic E-state index is 14.3. The lowest BCUT2D eigenvalue weighted by Crippen LogP contribution is -2.44. The fourth-order valence-electron chi connectivity index (χ4n) is 4.44. The maximum Gasteiger partial charge on any atom is 0.361 e. The molecule has 0 spiro atoms. The summed E-state index contributed by atoms with van der Waals surface area (Å²) in [4.78, 5) is 27.9. The maximum atomic E-state index is 14.3. The third kappa shape index (κ3) is 6.14. The Hall–Kier alpha value is -2.30. The third-order valence-electron chi connectivity index (χ3n) is 6.67. The average Bonchev–Trinajstić information content (AvgIpc) is 3.42. The third-order valence-corrected chi connectivity index (χ3v) is 8.29. The molecule has 1 saturated heterocycles. The van der Waals surface area contributed by atoms with Crippen LogP contribution in [-0.2, 0) is 25.2 Å². The molecule has 17 heteroatoms. The highest BCUT2D eigenvalue weighted by molar-refractivity contribution is 7.53. The number of aliphatic hydroxyl groups excluding tert-OH is 3. The van der Waals surface area contributed by atoms with Crippen LogP contribution in [-0.4, -0.2) is 101 Å². The van der Waals surface area contributed by atoms with E-state index < -0.39 is 69.0 Å². The first-order valence-electron chi connectivity index (χ1n) is 12.1. The lowest BCUT2D eigenvalue weighted by molar-refractivity contribution is -0.118. The fourth-order valence-corrected chi connectivity index (χ4v) is 5.32. The minimum atomic E-state index is -5.01. The van der Waals surface area contributed by atoms with Crippen molar-refractivity contribution in [3.8, 4) is 0 Å². The number of fused-ring (bicyclic) bond motifs is 1. The van der Waals surface area contributed by atoms with Crippen molar-refractivity contribution in [2.75, 3.05) is 32.2 Å². The van der Waals surface area contributed by atoms with Gasteiger partial charge in [-0.3, -0.25) is 4.57 Å². The number of aromatic nitrogens is 4. The number of nitrogens with one attached hydrogen (secondary N) is 1. The van der Waals surface area contributed by atoms with Crippen molar-refractivity contribution in [1.82, 2.24) is 19.6 Å². The second-order valence-corrected chi connectivity index (χ2v) is 11.6. The van der Waals surface area contributed by atoms with Crippen molar-refractivity contribution >= 4 is 30.7 Å². The average molecular weight is 606 g/mol. The quantitative estimate of drug-likeness (QED) is 0.157. The molecule has 14 nitrogen and oxygen atoms in total. The van der Waals surface area contributed by atoms with Gasteiger partial charge in [0.15, 0.2) is 11.5 Å². The van der Waals surface area contributed by atoms with E-state index in [2.05, 4.69) is 20.4 Å². The van der Waals surface area contributed by atoms with Crippen LogP contribution in [0.4, 0.5) is 10.2 Å². The topological polar surface area (TPSA) is 201 Å². The molecule has 6 atom stereocenters. The zero-order valence-electron chi connectivity index (χ0n) is 21.5. The van der Waals surface area contributed by atoms with Crippen molar-refractivity contribution in [2.24, 2.45) is 0 Å². The Balaban J connectivity index is 1.51. The Morgan fingerprint density at radius 2 is 1.98 bits per heavy atom. The Labute approximate surface area is 232 Å². The van der Waals surface area contributed by atoms with E-state index in [0.29, 0.717) is 11.3 Å². The van der Waals surface area contributed by atoms with Gasteiger partial charge in [0.2, 0.25) is 10.6 Å². The summed E-state index contributed by atoms with van der Waals surface area (Å²) in [5.74, 6) is -0.163. The number of rotatable bonds is 12. The summed E-state index contributed by atoms with van der Waals surface area (Å²) in [5, 5.41) is 35.5. The number of aliphatic hydroxyl groups is 3. The van der Waals surface area contributed by atoms with Gasteiger partial charge in [0.25, 0.3) is 0 Å². The highest BCUT2D eigenvalue weighted by Crippen LogP contribution is 2.51. The highest BCUT2D eigenvalue weighted by atomic mass is 35.5. The molecule has 0 aliphatic carbocycles. The summed E-state index contributed by atoms with van der Waals surface area (Å²) < 4.78 is 43.5. The molecule has 3 heterocycles. The van der Waals surface area contributed by atoms with Crippen LogP contribution in [0, 0.1) is 5.82 Å². The first-order valence-corrected chi connectivity index (χ1v) is 14.1. The molecular formula is C23H30ClFN5O9P. The Kier molecular flexibility index (Phi) is 9.42. The highest BCUT2D eigenvalue weighted by Gasteiger charge is 2.51. The summed E-state index contributed by atoms with van der Waals surface area (Å²) >= 11 is 6.15. The van der Waals surface area contributed by atoms with Gasteiger partial charge in [-0.05, 0) is 24.6 Å². The van der Waals surface area contributed by atoms with Crippen molar-refractivity contribution in [3.05, 3.63) is 52.8 Å². The number of imidazole rings is 1. The molecule has 0 bridgehead atoms. The number of benzene rings is 1. The standard InChI is InChI=1S/C23H30ClFN5O9P/c1-12(14-5-3-4-6-15(14)25)27-20-21-26-8-13(30(21)29-22(24)28-20)7-16-18(32)19(33)17(39-16)9-38-23(10-31,11-37-2)40(34,35)36/h3-6,8,12,16-19,31-33H,7,9-11H2,1-2H3,(H,27,28,29)(H2,34,35,36)/t12-,16+,17+,18-,19+,23?/m0/s1. The predicted molar refractivity (Wildman–Crippen MR) is 138 cm³/mol. The Morgan fingerprint density at radius 1 is 1.27 bits per heavy atom. The van der Waals surface area contributed by atoms with Crippen LogP contribution in [0.25, 0.3) is 5.65 Å². The van der Waals surface area contributed by atoms with E-state index >= 15 is 0 Å². The number of methoxy groups -OCH3 is 1. The molecule has 1 unspecified atom stereocenters. The Bertz CT molecular complexity index is 1380. The number of hydrogen-bond donors (Lipinski definition) is 6. The van der Waals surface area contributed by atoms with Gasteiger partial charge in [0.05, 0.1) is 43.9 Å². The van der Waals surface area contributed by atoms with Crippen LogP contribution in [0.15, 0.2) is 30.5 Å². The van der Waals surface area contributed by atoms with Crippen LogP contribution < -0.4 is 5.32 Å². The summed E-state index contributed by atoms with van der Waals surface area (Å²) in [6, 6.07) is 5.77. The van der Waals surface area contributed by atoms with Crippen LogP contribution in [0.2, 0.25) is 5.28 Å². The Morgan fingerprint density at radius 3 is 2.62 bits per heavy atom. The van der Waals surface area contributed by atoms with Crippen molar-refractivity contribution in [1.29, 1.82) is 0 Å². The SMILES string of the molecule is COCC(CO)(OC[C@H]1O[C@H](Cc2cnc3c(N[C@@H](C)c4ccccc4F)nc(Cl)nn23)[C@H](O)[C@@H]1O)P(=O)(O)O. The molecule has 4 rings (SSSR count). The predicted octanol–water partition coefficient (Wildman–Crippen LogP) is 0.651. The van der Waals surface area contributed by atoms with E-state index in [1.165, 1.54) is 23.9 Å². The van der Waals surface area contributed by atoms with Crippen LogP contribution in [0.3, 0.4) is 0 Å². The monoisotopic (exact) mass is 605 g/mol. The fraction of sp³-hybridized carbons (Fsp3) is 0.522. The molecule has 0 saturated carbocycles. The molecule has 1 aromatic carbocycles. The largest absolute Gasteiger partial charge is 0.393 e. The second kappa shape index (κ2) is 12.3. The zero-order valence-corrected chi connectivity index (χ0v) is 23.1. The van der Waals surface area contributed by atoms with Gasteiger partial charge in [-0.25, -0.2) is 13.9 Å². The number of nitrogens with zero attached hydrogens (tertiary/aromatic N) is 4. The van der Waals surface area contributed by atoms with E-state index in [-0.39, 0.29) is 23.2 Å². The lowest BCUT2D eigenvalue weighted by Gasteiger charge is -2.32. The van der Waals surface area contributed by atoms with Crippen molar-refractivity contribution < 1.29 is 48.3 Å². The van der Waals surface area contributed by atoms with E-state index in [0.717, 1.165) is 0 Å². The normalized spacial score (nSPS) is 23.8. The van der Waals surface area contributed by atoms with Crippen molar-refractivity contribution in [3.63, 3.8) is 0 Å². The first-order chi connectivity index (χ1) is 18.9. The van der Waals surface area contributed by atoms with E-state index in [1.54, 1.807) is 25.1 Å². The van der Waals surface area contributed by atoms with Crippen LogP contribution >= 0.6 is 19.2 Å². The molecular weight excluding hydrogens is 576 g/mol. The van der Waals surface area contributed by atoms with E-state index in [4.69, 9.17) is 25.8 Å². The van der Waals surface area contributed by atoms with E-state index in [1.807, 2.05) is 0 Å². The molecule has 6 N–H and O–H groups in total. The van der Waals surface area contributed by atoms with Gasteiger partial charge >= 0.3 is 7.60 Å². The van der Waals surface area contributed by atoms with Gasteiger partial charge < -0.3 is 44.6 Å². The lowest BCUT2D eigenvalue weighted by atomic mass is 10.0. The van der Waals surface area contributed by atoms with Gasteiger partial charge in [0, 0.05) is 19.1 Å². The second-order valence-electron chi connectivity index (χ2n) is 9.39. The van der Waals surface area contributed by atoms with Gasteiger partial charge in [-0.2, -0.15) is 4.98 Å². The molecule has 1 fully saturated rings. The number of hydrogen-bond acceptors (Lipinski definition) is 11. The molecule has 1 aliphatic rings. The molecule has 3 aromatic rings. The van der Waals surface area contributed by atoms with Gasteiger partial charge in [0.1, 0.15) is 24.1 Å². The summed E-state index contributed by atoms with van der Waals surface area (Å²) in [6.07, 6.45) is -3.62. The molecule has 0 amide bonds. The summed E-state index contributed by atoms with van der Waals surface area (Å²) in [6.45, 7) is -0.510. The smallest absolute Gasteiger partial charge is 0.361 e. The minimum Gasteiger partial charge on any atom is -0.393 e. The van der Waals surface area contributed by atoms with Crippen LogP contribution in [0.5, 0.6) is 0 Å². The van der Waals surface area contributed by atoms with Crippen LogP contribution in [0.1, 0.15) is 24.2 Å². The molecule has 40 heavy (non-hydrogen) atoms. The molecule has 2 aromatic heterocycles. The minimum absolute atomic E-state index is 0.00670. The zero-order chi connectivity index (χ0) is 29.2. The number of ether oxygens (including phenoxy) is 3. The molecule has 220 valence electrons. The van der Waals surface area contributed by atoms with Crippen molar-refractivity contribution in [2.45, 2.75) is 49.1 Å². The van der Waals surface area contributed by atoms with E-state index in [9.17, 15) is 34.1 Å². The number of anilines is 1. The molecule has 0 radical (unpaired) electrons. The molecule has 1 aliphatic heterocycles.